The van der Waals surface area contributed by atoms with E-state index in [1.54, 1.807) is 18.4 Å². The minimum atomic E-state index is 0.313. The van der Waals surface area contributed by atoms with E-state index in [2.05, 4.69) is 48.8 Å². The van der Waals surface area contributed by atoms with Crippen LogP contribution in [0.2, 0.25) is 0 Å². The van der Waals surface area contributed by atoms with Gasteiger partial charge in [0, 0.05) is 22.5 Å². The molecule has 1 heterocycles. The Morgan fingerprint density at radius 3 is 2.63 bits per heavy atom. The van der Waals surface area contributed by atoms with E-state index in [0.717, 1.165) is 12.2 Å². The number of hydrogen-bond donors (Lipinski definition) is 1. The molecule has 0 bridgehead atoms. The highest BCUT2D eigenvalue weighted by molar-refractivity contribution is 7.10. The van der Waals surface area contributed by atoms with Crippen molar-refractivity contribution < 1.29 is 4.74 Å². The number of ether oxygens (including phenoxy) is 1. The van der Waals surface area contributed by atoms with Crippen LogP contribution < -0.4 is 10.1 Å². The maximum atomic E-state index is 5.46. The van der Waals surface area contributed by atoms with E-state index in [1.807, 2.05) is 12.1 Å². The number of methoxy groups -OCH3 is 1. The second kappa shape index (κ2) is 6.73. The standard InChI is InChI=1S/C16H21NOS/c1-4-14(13-8-5-6-9-15(13)18-3)17-12(2)16-10-7-11-19-16/h5-12,14,17H,4H2,1-3H3/t12-,14?/m1/s1. The van der Waals surface area contributed by atoms with Crippen molar-refractivity contribution in [3.05, 3.63) is 52.2 Å². The Morgan fingerprint density at radius 1 is 1.21 bits per heavy atom. The first-order chi connectivity index (χ1) is 9.26. The van der Waals surface area contributed by atoms with Crippen molar-refractivity contribution >= 4 is 11.3 Å². The molecule has 2 rings (SSSR count). The molecule has 0 spiro atoms. The van der Waals surface area contributed by atoms with Crippen molar-refractivity contribution in [2.75, 3.05) is 7.11 Å². The maximum absolute atomic E-state index is 5.46. The molecule has 1 aromatic heterocycles. The molecule has 0 aliphatic heterocycles. The summed E-state index contributed by atoms with van der Waals surface area (Å²) < 4.78 is 5.46. The van der Waals surface area contributed by atoms with E-state index in [-0.39, 0.29) is 0 Å². The smallest absolute Gasteiger partial charge is 0.123 e. The molecule has 0 saturated heterocycles. The van der Waals surface area contributed by atoms with Crippen molar-refractivity contribution in [1.29, 1.82) is 0 Å². The quantitative estimate of drug-likeness (QED) is 0.834. The van der Waals surface area contributed by atoms with Crippen LogP contribution in [0.1, 0.15) is 42.8 Å². The first-order valence-electron chi connectivity index (χ1n) is 6.68. The van der Waals surface area contributed by atoms with E-state index in [0.29, 0.717) is 12.1 Å². The molecule has 2 aromatic rings. The average molecular weight is 275 g/mol. The van der Waals surface area contributed by atoms with Gasteiger partial charge < -0.3 is 10.1 Å². The summed E-state index contributed by atoms with van der Waals surface area (Å²) in [6, 6.07) is 13.2. The van der Waals surface area contributed by atoms with Crippen molar-refractivity contribution in [2.24, 2.45) is 0 Å². The second-order valence-corrected chi connectivity index (χ2v) is 5.59. The molecule has 1 aromatic carbocycles. The highest BCUT2D eigenvalue weighted by atomic mass is 32.1. The number of hydrogen-bond acceptors (Lipinski definition) is 3. The van der Waals surface area contributed by atoms with E-state index in [9.17, 15) is 0 Å². The van der Waals surface area contributed by atoms with Crippen LogP contribution in [-0.2, 0) is 0 Å². The third-order valence-electron chi connectivity index (χ3n) is 3.34. The zero-order valence-corrected chi connectivity index (χ0v) is 12.5. The van der Waals surface area contributed by atoms with E-state index in [1.165, 1.54) is 10.4 Å². The van der Waals surface area contributed by atoms with Crippen LogP contribution >= 0.6 is 11.3 Å². The van der Waals surface area contributed by atoms with Gasteiger partial charge in [-0.1, -0.05) is 31.2 Å². The van der Waals surface area contributed by atoms with Gasteiger partial charge in [0.05, 0.1) is 7.11 Å². The zero-order chi connectivity index (χ0) is 13.7. The Kier molecular flexibility index (Phi) is 5.00. The fourth-order valence-corrected chi connectivity index (χ4v) is 3.05. The molecule has 1 unspecified atom stereocenters. The summed E-state index contributed by atoms with van der Waals surface area (Å²) in [4.78, 5) is 1.37. The molecule has 0 aliphatic carbocycles. The van der Waals surface area contributed by atoms with Crippen molar-refractivity contribution in [3.8, 4) is 5.75 Å². The van der Waals surface area contributed by atoms with Gasteiger partial charge >= 0.3 is 0 Å². The van der Waals surface area contributed by atoms with Gasteiger partial charge in [-0.2, -0.15) is 0 Å². The van der Waals surface area contributed by atoms with Gasteiger partial charge in [0.1, 0.15) is 5.75 Å². The minimum Gasteiger partial charge on any atom is -0.496 e. The van der Waals surface area contributed by atoms with Crippen LogP contribution in [-0.4, -0.2) is 7.11 Å². The van der Waals surface area contributed by atoms with Crippen molar-refractivity contribution in [2.45, 2.75) is 32.4 Å². The van der Waals surface area contributed by atoms with Gasteiger partial charge in [0.15, 0.2) is 0 Å². The predicted octanol–water partition coefficient (Wildman–Crippen LogP) is 4.56. The number of para-hydroxylation sites is 1. The van der Waals surface area contributed by atoms with Gasteiger partial charge in [0.25, 0.3) is 0 Å². The Bertz CT molecular complexity index is 495. The minimum absolute atomic E-state index is 0.313. The summed E-state index contributed by atoms with van der Waals surface area (Å²) >= 11 is 1.79. The largest absolute Gasteiger partial charge is 0.496 e. The Labute approximate surface area is 119 Å². The van der Waals surface area contributed by atoms with Gasteiger partial charge in [-0.05, 0) is 30.9 Å². The lowest BCUT2D eigenvalue weighted by Gasteiger charge is -2.23. The zero-order valence-electron chi connectivity index (χ0n) is 11.7. The highest BCUT2D eigenvalue weighted by Crippen LogP contribution is 2.30. The maximum Gasteiger partial charge on any atom is 0.123 e. The fourth-order valence-electron chi connectivity index (χ4n) is 2.30. The normalized spacial score (nSPS) is 14.1. The first kappa shape index (κ1) is 14.1. The molecule has 0 amide bonds. The van der Waals surface area contributed by atoms with Crippen LogP contribution in [0.5, 0.6) is 5.75 Å². The lowest BCUT2D eigenvalue weighted by atomic mass is 10.0. The molecule has 102 valence electrons. The Balaban J connectivity index is 2.16. The Morgan fingerprint density at radius 2 is 2.00 bits per heavy atom. The molecular weight excluding hydrogens is 254 g/mol. The second-order valence-electron chi connectivity index (χ2n) is 4.61. The molecular formula is C16H21NOS. The van der Waals surface area contributed by atoms with Crippen molar-refractivity contribution in [3.63, 3.8) is 0 Å². The highest BCUT2D eigenvalue weighted by Gasteiger charge is 2.17. The van der Waals surface area contributed by atoms with Crippen molar-refractivity contribution in [1.82, 2.24) is 5.32 Å². The van der Waals surface area contributed by atoms with E-state index < -0.39 is 0 Å². The van der Waals surface area contributed by atoms with E-state index >= 15 is 0 Å². The predicted molar refractivity (Wildman–Crippen MR) is 81.9 cm³/mol. The molecule has 19 heavy (non-hydrogen) atoms. The fraction of sp³-hybridized carbons (Fsp3) is 0.375. The topological polar surface area (TPSA) is 21.3 Å². The number of thiophene rings is 1. The summed E-state index contributed by atoms with van der Waals surface area (Å²) in [7, 11) is 1.73. The van der Waals surface area contributed by atoms with Crippen LogP contribution in [0.25, 0.3) is 0 Å². The molecule has 3 heteroatoms. The van der Waals surface area contributed by atoms with Gasteiger partial charge in [-0.3, -0.25) is 0 Å². The number of rotatable bonds is 6. The summed E-state index contributed by atoms with van der Waals surface area (Å²) in [5.74, 6) is 0.959. The summed E-state index contributed by atoms with van der Waals surface area (Å²) in [5, 5.41) is 5.81. The summed E-state index contributed by atoms with van der Waals surface area (Å²) in [6.45, 7) is 4.41. The number of nitrogens with one attached hydrogen (secondary N) is 1. The lowest BCUT2D eigenvalue weighted by Crippen LogP contribution is -2.24. The Hall–Kier alpha value is -1.32. The monoisotopic (exact) mass is 275 g/mol. The molecule has 0 saturated carbocycles. The third-order valence-corrected chi connectivity index (χ3v) is 4.40. The first-order valence-corrected chi connectivity index (χ1v) is 7.56. The van der Waals surface area contributed by atoms with Crippen LogP contribution in [0.4, 0.5) is 0 Å². The molecule has 2 atom stereocenters. The van der Waals surface area contributed by atoms with Gasteiger partial charge in [-0.15, -0.1) is 11.3 Å². The van der Waals surface area contributed by atoms with Crippen LogP contribution in [0.15, 0.2) is 41.8 Å². The lowest BCUT2D eigenvalue weighted by molar-refractivity contribution is 0.389. The van der Waals surface area contributed by atoms with Gasteiger partial charge in [0.2, 0.25) is 0 Å². The summed E-state index contributed by atoms with van der Waals surface area (Å²) in [6.07, 6.45) is 1.04. The van der Waals surface area contributed by atoms with E-state index in [4.69, 9.17) is 4.74 Å². The molecule has 0 fully saturated rings. The molecule has 1 N–H and O–H groups in total. The SMILES string of the molecule is CCC(N[C@H](C)c1cccs1)c1ccccc1OC. The summed E-state index contributed by atoms with van der Waals surface area (Å²) in [5.41, 5.74) is 1.23. The van der Waals surface area contributed by atoms with Crippen LogP contribution in [0, 0.1) is 0 Å². The van der Waals surface area contributed by atoms with Crippen LogP contribution in [0.3, 0.4) is 0 Å². The molecule has 2 nitrogen and oxygen atoms in total. The van der Waals surface area contributed by atoms with Gasteiger partial charge in [-0.25, -0.2) is 0 Å². The average Bonchev–Trinajstić information content (AvgIpc) is 2.98. The molecule has 0 aliphatic rings. The molecule has 0 radical (unpaired) electrons. The third kappa shape index (κ3) is 3.37. The number of benzene rings is 1.